The third-order valence-corrected chi connectivity index (χ3v) is 5.28. The van der Waals surface area contributed by atoms with Gasteiger partial charge in [0, 0.05) is 31.3 Å². The summed E-state index contributed by atoms with van der Waals surface area (Å²) in [7, 11) is -1.91. The van der Waals surface area contributed by atoms with Crippen LogP contribution in [0, 0.1) is 5.82 Å². The van der Waals surface area contributed by atoms with Gasteiger partial charge in [-0.1, -0.05) is 25.1 Å². The van der Waals surface area contributed by atoms with Crippen LogP contribution in [-0.2, 0) is 16.6 Å². The molecule has 0 unspecified atom stereocenters. The molecule has 0 aromatic heterocycles. The van der Waals surface area contributed by atoms with Crippen molar-refractivity contribution in [3.63, 3.8) is 0 Å². The van der Waals surface area contributed by atoms with Gasteiger partial charge in [-0.2, -0.15) is 0 Å². The molecule has 0 aliphatic rings. The molecule has 140 valence electrons. The van der Waals surface area contributed by atoms with Crippen LogP contribution in [0.4, 0.5) is 10.1 Å². The van der Waals surface area contributed by atoms with Gasteiger partial charge in [0.15, 0.2) is 0 Å². The van der Waals surface area contributed by atoms with E-state index in [0.29, 0.717) is 23.4 Å². The van der Waals surface area contributed by atoms with Crippen molar-refractivity contribution in [2.24, 2.45) is 0 Å². The fourth-order valence-electron chi connectivity index (χ4n) is 2.54. The van der Waals surface area contributed by atoms with Gasteiger partial charge in [-0.3, -0.25) is 9.10 Å². The van der Waals surface area contributed by atoms with Crippen LogP contribution in [0.2, 0.25) is 0 Å². The van der Waals surface area contributed by atoms with Crippen molar-refractivity contribution in [1.82, 2.24) is 4.90 Å². The highest BCUT2D eigenvalue weighted by molar-refractivity contribution is 7.92. The quantitative estimate of drug-likeness (QED) is 0.743. The van der Waals surface area contributed by atoms with Gasteiger partial charge in [0.05, 0.1) is 11.9 Å². The van der Waals surface area contributed by atoms with Crippen LogP contribution < -0.4 is 4.31 Å². The number of amides is 1. The van der Waals surface area contributed by atoms with Crippen LogP contribution in [0.5, 0.6) is 0 Å². The Morgan fingerprint density at radius 2 is 1.69 bits per heavy atom. The van der Waals surface area contributed by atoms with Crippen LogP contribution in [0.3, 0.4) is 0 Å². The van der Waals surface area contributed by atoms with E-state index in [-0.39, 0.29) is 18.3 Å². The molecule has 0 heterocycles. The molecule has 0 atom stereocenters. The number of carbonyl (C=O) groups is 1. The van der Waals surface area contributed by atoms with E-state index in [1.807, 2.05) is 6.92 Å². The van der Waals surface area contributed by atoms with Crippen molar-refractivity contribution in [1.29, 1.82) is 0 Å². The summed E-state index contributed by atoms with van der Waals surface area (Å²) < 4.78 is 38.2. The van der Waals surface area contributed by atoms with E-state index in [4.69, 9.17) is 0 Å². The summed E-state index contributed by atoms with van der Waals surface area (Å²) in [6.45, 7) is 2.63. The summed E-state index contributed by atoms with van der Waals surface area (Å²) >= 11 is 0. The first-order chi connectivity index (χ1) is 12.2. The van der Waals surface area contributed by atoms with Gasteiger partial charge in [-0.15, -0.1) is 0 Å². The van der Waals surface area contributed by atoms with Gasteiger partial charge in [-0.05, 0) is 36.8 Å². The number of sulfonamides is 1. The lowest BCUT2D eigenvalue weighted by atomic mass is 10.1. The number of anilines is 1. The van der Waals surface area contributed by atoms with Gasteiger partial charge in [0.2, 0.25) is 10.0 Å². The SMILES string of the molecule is CCCN(Cc1ccccc1F)C(=O)c1ccc(N(C)S(C)(=O)=O)cc1. The van der Waals surface area contributed by atoms with Crippen LogP contribution >= 0.6 is 0 Å². The Morgan fingerprint density at radius 3 is 2.23 bits per heavy atom. The van der Waals surface area contributed by atoms with Crippen LogP contribution in [-0.4, -0.2) is 39.1 Å². The maximum absolute atomic E-state index is 13.9. The fourth-order valence-corrected chi connectivity index (χ4v) is 3.05. The Hall–Kier alpha value is -2.41. The summed E-state index contributed by atoms with van der Waals surface area (Å²) in [4.78, 5) is 14.4. The average Bonchev–Trinajstić information content (AvgIpc) is 2.61. The smallest absolute Gasteiger partial charge is 0.254 e. The average molecular weight is 378 g/mol. The first-order valence-corrected chi connectivity index (χ1v) is 10.2. The maximum Gasteiger partial charge on any atom is 0.254 e. The van der Waals surface area contributed by atoms with Crippen LogP contribution in [0.1, 0.15) is 29.3 Å². The Kier molecular flexibility index (Phi) is 6.37. The van der Waals surface area contributed by atoms with Gasteiger partial charge in [0.1, 0.15) is 5.82 Å². The molecular formula is C19H23FN2O3S. The lowest BCUT2D eigenvalue weighted by Gasteiger charge is -2.23. The number of hydrogen-bond acceptors (Lipinski definition) is 3. The Bertz CT molecular complexity index is 867. The largest absolute Gasteiger partial charge is 0.334 e. The maximum atomic E-state index is 13.9. The van der Waals surface area contributed by atoms with Gasteiger partial charge < -0.3 is 4.90 Å². The molecular weight excluding hydrogens is 355 g/mol. The second-order valence-electron chi connectivity index (χ2n) is 6.10. The fraction of sp³-hybridized carbons (Fsp3) is 0.316. The van der Waals surface area contributed by atoms with E-state index >= 15 is 0 Å². The topological polar surface area (TPSA) is 57.7 Å². The van der Waals surface area contributed by atoms with Crippen molar-refractivity contribution in [2.75, 3.05) is 24.2 Å². The first-order valence-electron chi connectivity index (χ1n) is 8.30. The standard InChI is InChI=1S/C19H23FN2O3S/c1-4-13-22(14-16-7-5-6-8-18(16)20)19(23)15-9-11-17(12-10-15)21(2)26(3,24)25/h5-12H,4,13-14H2,1-3H3. The monoisotopic (exact) mass is 378 g/mol. The minimum absolute atomic E-state index is 0.185. The second-order valence-corrected chi connectivity index (χ2v) is 8.11. The summed E-state index contributed by atoms with van der Waals surface area (Å²) in [5.41, 5.74) is 1.36. The van der Waals surface area contributed by atoms with Crippen molar-refractivity contribution >= 4 is 21.6 Å². The highest BCUT2D eigenvalue weighted by atomic mass is 32.2. The molecule has 1 amide bonds. The zero-order chi connectivity index (χ0) is 19.3. The summed E-state index contributed by atoms with van der Waals surface area (Å²) in [6.07, 6.45) is 1.86. The van der Waals surface area contributed by atoms with Gasteiger partial charge in [0.25, 0.3) is 5.91 Å². The van der Waals surface area contributed by atoms with Crippen molar-refractivity contribution in [3.05, 3.63) is 65.5 Å². The second kappa shape index (κ2) is 8.31. The lowest BCUT2D eigenvalue weighted by Crippen LogP contribution is -2.31. The molecule has 26 heavy (non-hydrogen) atoms. The van der Waals surface area contributed by atoms with Crippen molar-refractivity contribution < 1.29 is 17.6 Å². The van der Waals surface area contributed by atoms with Gasteiger partial charge >= 0.3 is 0 Å². The van der Waals surface area contributed by atoms with E-state index in [1.54, 1.807) is 47.4 Å². The summed E-state index contributed by atoms with van der Waals surface area (Å²) in [5, 5.41) is 0. The number of hydrogen-bond donors (Lipinski definition) is 0. The Balaban J connectivity index is 2.22. The zero-order valence-electron chi connectivity index (χ0n) is 15.1. The first kappa shape index (κ1) is 19.9. The Labute approximate surface area is 154 Å². The molecule has 0 radical (unpaired) electrons. The molecule has 0 fully saturated rings. The van der Waals surface area contributed by atoms with E-state index in [2.05, 4.69) is 0 Å². The van der Waals surface area contributed by atoms with Crippen LogP contribution in [0.25, 0.3) is 0 Å². The van der Waals surface area contributed by atoms with Gasteiger partial charge in [-0.25, -0.2) is 12.8 Å². The number of rotatable bonds is 7. The summed E-state index contributed by atoms with van der Waals surface area (Å²) in [5.74, 6) is -0.560. The molecule has 0 aliphatic heterocycles. The highest BCUT2D eigenvalue weighted by Gasteiger charge is 2.18. The molecule has 0 saturated heterocycles. The molecule has 0 bridgehead atoms. The molecule has 0 spiro atoms. The Morgan fingerprint density at radius 1 is 1.08 bits per heavy atom. The molecule has 0 aliphatic carbocycles. The number of benzene rings is 2. The molecule has 2 aromatic rings. The third kappa shape index (κ3) is 4.82. The minimum Gasteiger partial charge on any atom is -0.334 e. The van der Waals surface area contributed by atoms with Crippen molar-refractivity contribution in [3.8, 4) is 0 Å². The number of carbonyl (C=O) groups excluding carboxylic acids is 1. The van der Waals surface area contributed by atoms with E-state index in [0.717, 1.165) is 17.0 Å². The van der Waals surface area contributed by atoms with Crippen LogP contribution in [0.15, 0.2) is 48.5 Å². The molecule has 5 nitrogen and oxygen atoms in total. The van der Waals surface area contributed by atoms with E-state index in [9.17, 15) is 17.6 Å². The molecule has 0 saturated carbocycles. The molecule has 0 N–H and O–H groups in total. The summed E-state index contributed by atoms with van der Waals surface area (Å²) in [6, 6.07) is 12.7. The molecule has 7 heteroatoms. The zero-order valence-corrected chi connectivity index (χ0v) is 16.0. The van der Waals surface area contributed by atoms with Crippen molar-refractivity contribution in [2.45, 2.75) is 19.9 Å². The molecule has 2 aromatic carbocycles. The van der Waals surface area contributed by atoms with E-state index < -0.39 is 10.0 Å². The predicted molar refractivity (Wildman–Crippen MR) is 101 cm³/mol. The highest BCUT2D eigenvalue weighted by Crippen LogP contribution is 2.19. The molecule has 2 rings (SSSR count). The predicted octanol–water partition coefficient (Wildman–Crippen LogP) is 3.27. The van der Waals surface area contributed by atoms with E-state index in [1.165, 1.54) is 13.1 Å². The lowest BCUT2D eigenvalue weighted by molar-refractivity contribution is 0.0741. The normalized spacial score (nSPS) is 11.2. The minimum atomic E-state index is -3.36. The number of nitrogens with zero attached hydrogens (tertiary/aromatic N) is 2. The third-order valence-electron chi connectivity index (χ3n) is 4.08. The number of halogens is 1.